The zero-order valence-corrected chi connectivity index (χ0v) is 11.9. The maximum absolute atomic E-state index is 9.02. The lowest BCUT2D eigenvalue weighted by molar-refractivity contribution is 1.31. The first-order chi connectivity index (χ1) is 8.11. The Kier molecular flexibility index (Phi) is 3.67. The van der Waals surface area contributed by atoms with E-state index in [2.05, 4.69) is 31.7 Å². The lowest BCUT2D eigenvalue weighted by Crippen LogP contribution is -1.91. The Labute approximate surface area is 116 Å². The first kappa shape index (κ1) is 12.4. The Morgan fingerprint density at radius 2 is 2.29 bits per heavy atom. The molecule has 0 aliphatic heterocycles. The van der Waals surface area contributed by atoms with E-state index in [1.165, 1.54) is 11.5 Å². The minimum absolute atomic E-state index is 0.564. The highest BCUT2D eigenvalue weighted by Gasteiger charge is 2.11. The molecule has 0 fully saturated rings. The van der Waals surface area contributed by atoms with Gasteiger partial charge in [0.05, 0.1) is 16.4 Å². The summed E-state index contributed by atoms with van der Waals surface area (Å²) in [6.07, 6.45) is 0. The molecule has 86 valence electrons. The summed E-state index contributed by atoms with van der Waals surface area (Å²) in [5.74, 6) is 0. The molecule has 1 aromatic carbocycles. The number of hydrogen-bond donors (Lipinski definition) is 1. The van der Waals surface area contributed by atoms with Crippen molar-refractivity contribution < 1.29 is 0 Å². The molecule has 0 unspecified atom stereocenters. The van der Waals surface area contributed by atoms with Crippen LogP contribution in [-0.4, -0.2) is 4.37 Å². The van der Waals surface area contributed by atoms with Crippen LogP contribution in [0.5, 0.6) is 0 Å². The number of nitrogens with zero attached hydrogens (tertiary/aromatic N) is 2. The van der Waals surface area contributed by atoms with Crippen LogP contribution in [0.4, 0.5) is 10.7 Å². The van der Waals surface area contributed by atoms with Gasteiger partial charge in [0.2, 0.25) is 0 Å². The summed E-state index contributed by atoms with van der Waals surface area (Å²) in [4.78, 5) is 0. The van der Waals surface area contributed by atoms with Crippen molar-refractivity contribution in [3.05, 3.63) is 39.0 Å². The van der Waals surface area contributed by atoms with E-state index in [0.29, 0.717) is 15.6 Å². The molecule has 17 heavy (non-hydrogen) atoms. The Bertz CT molecular complexity index is 603. The van der Waals surface area contributed by atoms with Gasteiger partial charge in [-0.3, -0.25) is 0 Å². The van der Waals surface area contributed by atoms with Gasteiger partial charge in [0.1, 0.15) is 16.6 Å². The maximum atomic E-state index is 9.02. The van der Waals surface area contributed by atoms with Gasteiger partial charge in [-0.1, -0.05) is 27.5 Å². The van der Waals surface area contributed by atoms with Gasteiger partial charge in [-0.05, 0) is 36.7 Å². The number of rotatable bonds is 2. The molecular formula is C11H7BrClN3S. The van der Waals surface area contributed by atoms with Crippen LogP contribution in [0.25, 0.3) is 0 Å². The molecule has 0 saturated heterocycles. The second-order valence-electron chi connectivity index (χ2n) is 3.33. The number of halogens is 2. The minimum atomic E-state index is 0.564. The van der Waals surface area contributed by atoms with Gasteiger partial charge in [-0.2, -0.15) is 9.64 Å². The smallest absolute Gasteiger partial charge is 0.132 e. The number of aryl methyl sites for hydroxylation is 1. The molecule has 0 spiro atoms. The lowest BCUT2D eigenvalue weighted by Gasteiger charge is -2.06. The van der Waals surface area contributed by atoms with Crippen LogP contribution < -0.4 is 5.32 Å². The highest BCUT2D eigenvalue weighted by molar-refractivity contribution is 9.10. The quantitative estimate of drug-likeness (QED) is 0.884. The van der Waals surface area contributed by atoms with E-state index in [1.54, 1.807) is 6.07 Å². The normalized spacial score (nSPS) is 10.0. The minimum Gasteiger partial charge on any atom is -0.344 e. The third-order valence-electron chi connectivity index (χ3n) is 2.15. The summed E-state index contributed by atoms with van der Waals surface area (Å²) >= 11 is 10.7. The van der Waals surface area contributed by atoms with Gasteiger partial charge in [0.15, 0.2) is 0 Å². The molecule has 3 nitrogen and oxygen atoms in total. The molecule has 1 heterocycles. The van der Waals surface area contributed by atoms with E-state index in [1.807, 2.05) is 19.1 Å². The van der Waals surface area contributed by atoms with Crippen molar-refractivity contribution in [2.75, 3.05) is 5.32 Å². The monoisotopic (exact) mass is 327 g/mol. The molecule has 0 aliphatic rings. The van der Waals surface area contributed by atoms with E-state index in [0.717, 1.165) is 15.9 Å². The molecule has 1 N–H and O–H groups in total. The second kappa shape index (κ2) is 5.05. The number of aromatic nitrogens is 1. The molecule has 0 bridgehead atoms. The van der Waals surface area contributed by atoms with Crippen LogP contribution >= 0.6 is 39.1 Å². The third-order valence-corrected chi connectivity index (χ3v) is 3.81. The average molecular weight is 329 g/mol. The number of benzene rings is 1. The van der Waals surface area contributed by atoms with Gasteiger partial charge < -0.3 is 5.32 Å². The van der Waals surface area contributed by atoms with Gasteiger partial charge in [0, 0.05) is 4.47 Å². The lowest BCUT2D eigenvalue weighted by atomic mass is 10.2. The molecule has 6 heteroatoms. The third kappa shape index (κ3) is 2.60. The van der Waals surface area contributed by atoms with E-state index < -0.39 is 0 Å². The summed E-state index contributed by atoms with van der Waals surface area (Å²) in [7, 11) is 0. The van der Waals surface area contributed by atoms with E-state index in [9.17, 15) is 0 Å². The Morgan fingerprint density at radius 1 is 1.53 bits per heavy atom. The van der Waals surface area contributed by atoms with E-state index in [-0.39, 0.29) is 0 Å². The first-order valence-electron chi connectivity index (χ1n) is 4.70. The molecule has 1 aromatic heterocycles. The Hall–Kier alpha value is -1.09. The standard InChI is InChI=1S/C11H7BrClN3S/c1-6-8(5-14)11(17-16-6)15-10-3-2-7(12)4-9(10)13/h2-4,15H,1H3. The number of nitriles is 1. The van der Waals surface area contributed by atoms with Crippen molar-refractivity contribution in [1.29, 1.82) is 5.26 Å². The van der Waals surface area contributed by atoms with Gasteiger partial charge in [-0.15, -0.1) is 0 Å². The highest BCUT2D eigenvalue weighted by Crippen LogP contribution is 2.32. The van der Waals surface area contributed by atoms with E-state index >= 15 is 0 Å². The fraction of sp³-hybridized carbons (Fsp3) is 0.0909. The van der Waals surface area contributed by atoms with Crippen molar-refractivity contribution in [1.82, 2.24) is 4.37 Å². The van der Waals surface area contributed by atoms with Crippen LogP contribution in [0.2, 0.25) is 5.02 Å². The molecule has 0 atom stereocenters. The summed E-state index contributed by atoms with van der Waals surface area (Å²) in [6.45, 7) is 1.81. The summed E-state index contributed by atoms with van der Waals surface area (Å²) < 4.78 is 5.05. The molecule has 0 aliphatic carbocycles. The zero-order chi connectivity index (χ0) is 12.4. The predicted octanol–water partition coefficient (Wildman–Crippen LogP) is 4.48. The zero-order valence-electron chi connectivity index (χ0n) is 8.79. The van der Waals surface area contributed by atoms with Crippen molar-refractivity contribution in [3.63, 3.8) is 0 Å². The average Bonchev–Trinajstić information content (AvgIpc) is 2.63. The van der Waals surface area contributed by atoms with Gasteiger partial charge in [0.25, 0.3) is 0 Å². The van der Waals surface area contributed by atoms with Crippen molar-refractivity contribution in [2.24, 2.45) is 0 Å². The van der Waals surface area contributed by atoms with Gasteiger partial charge >= 0.3 is 0 Å². The topological polar surface area (TPSA) is 48.7 Å². The summed E-state index contributed by atoms with van der Waals surface area (Å²) in [6, 6.07) is 7.66. The summed E-state index contributed by atoms with van der Waals surface area (Å²) in [5.41, 5.74) is 2.05. The van der Waals surface area contributed by atoms with Crippen LogP contribution in [0, 0.1) is 18.3 Å². The summed E-state index contributed by atoms with van der Waals surface area (Å²) in [5, 5.41) is 13.4. The van der Waals surface area contributed by atoms with Crippen molar-refractivity contribution in [3.8, 4) is 6.07 Å². The molecule has 2 aromatic rings. The van der Waals surface area contributed by atoms with Crippen LogP contribution in [-0.2, 0) is 0 Å². The van der Waals surface area contributed by atoms with Crippen molar-refractivity contribution >= 4 is 49.8 Å². The number of hydrogen-bond acceptors (Lipinski definition) is 4. The van der Waals surface area contributed by atoms with Crippen LogP contribution in [0.3, 0.4) is 0 Å². The maximum Gasteiger partial charge on any atom is 0.132 e. The largest absolute Gasteiger partial charge is 0.344 e. The van der Waals surface area contributed by atoms with Crippen LogP contribution in [0.1, 0.15) is 11.3 Å². The number of nitrogens with one attached hydrogen (secondary N) is 1. The molecule has 2 rings (SSSR count). The van der Waals surface area contributed by atoms with Crippen LogP contribution in [0.15, 0.2) is 22.7 Å². The second-order valence-corrected chi connectivity index (χ2v) is 5.43. The number of anilines is 2. The Balaban J connectivity index is 2.35. The first-order valence-corrected chi connectivity index (χ1v) is 6.64. The molecule has 0 amide bonds. The van der Waals surface area contributed by atoms with Gasteiger partial charge in [-0.25, -0.2) is 0 Å². The van der Waals surface area contributed by atoms with E-state index in [4.69, 9.17) is 16.9 Å². The molecule has 0 saturated carbocycles. The Morgan fingerprint density at radius 3 is 2.94 bits per heavy atom. The molecule has 0 radical (unpaired) electrons. The SMILES string of the molecule is Cc1nsc(Nc2ccc(Br)cc2Cl)c1C#N. The van der Waals surface area contributed by atoms with Crippen molar-refractivity contribution in [2.45, 2.75) is 6.92 Å². The predicted molar refractivity (Wildman–Crippen MR) is 74.0 cm³/mol. The highest BCUT2D eigenvalue weighted by atomic mass is 79.9. The fourth-order valence-corrected chi connectivity index (χ4v) is 2.78. The fourth-order valence-electron chi connectivity index (χ4n) is 1.30. The molecular weight excluding hydrogens is 322 g/mol.